The highest BCUT2D eigenvalue weighted by Crippen LogP contribution is 2.30. The average Bonchev–Trinajstić information content (AvgIpc) is 3.60. The van der Waals surface area contributed by atoms with Gasteiger partial charge in [-0.3, -0.25) is 0 Å². The number of esters is 3. The molecule has 0 unspecified atom stereocenters. The van der Waals surface area contributed by atoms with Crippen LogP contribution in [0.25, 0.3) is 6.20 Å². The van der Waals surface area contributed by atoms with Crippen molar-refractivity contribution < 1.29 is 42.6 Å². The Morgan fingerprint density at radius 3 is 1.68 bits per heavy atom. The largest absolute Gasteiger partial charge is 0.494 e. The number of nitrogens with zero attached hydrogens (tertiary/aromatic N) is 2. The maximum Gasteiger partial charge on any atom is 0.343 e. The first-order chi connectivity index (χ1) is 24.3. The Labute approximate surface area is 293 Å². The molecule has 4 aromatic rings. The molecule has 0 aliphatic heterocycles. The first-order valence-corrected chi connectivity index (χ1v) is 16.8. The predicted molar refractivity (Wildman–Crippen MR) is 190 cm³/mol. The molecule has 0 saturated carbocycles. The number of ether oxygens (including phenoxy) is 5. The van der Waals surface area contributed by atoms with Crippen LogP contribution in [0.15, 0.2) is 98.6 Å². The summed E-state index contributed by atoms with van der Waals surface area (Å²) in [6, 6.07) is 16.9. The van der Waals surface area contributed by atoms with E-state index in [2.05, 4.69) is 13.2 Å². The van der Waals surface area contributed by atoms with E-state index in [0.717, 1.165) is 38.5 Å². The van der Waals surface area contributed by atoms with Crippen molar-refractivity contribution in [2.75, 3.05) is 19.8 Å². The van der Waals surface area contributed by atoms with Crippen LogP contribution < -0.4 is 23.5 Å². The quantitative estimate of drug-likeness (QED) is 0.0311. The molecule has 0 radical (unpaired) electrons. The van der Waals surface area contributed by atoms with Crippen LogP contribution in [0.2, 0.25) is 0 Å². The maximum atomic E-state index is 12.9. The lowest BCUT2D eigenvalue weighted by atomic mass is 10.1. The summed E-state index contributed by atoms with van der Waals surface area (Å²) >= 11 is 0. The lowest BCUT2D eigenvalue weighted by Gasteiger charge is -2.14. The van der Waals surface area contributed by atoms with E-state index in [4.69, 9.17) is 23.7 Å². The Kier molecular flexibility index (Phi) is 14.4. The molecule has 0 amide bonds. The van der Waals surface area contributed by atoms with E-state index in [-0.39, 0.29) is 5.97 Å². The van der Waals surface area contributed by atoms with Crippen molar-refractivity contribution >= 4 is 24.1 Å². The zero-order valence-electron chi connectivity index (χ0n) is 28.8. The van der Waals surface area contributed by atoms with Gasteiger partial charge < -0.3 is 23.7 Å². The van der Waals surface area contributed by atoms with Crippen molar-refractivity contribution in [3.63, 3.8) is 0 Å². The molecule has 50 heavy (non-hydrogen) atoms. The summed E-state index contributed by atoms with van der Waals surface area (Å²) in [6.45, 7) is 12.9. The van der Waals surface area contributed by atoms with Gasteiger partial charge >= 0.3 is 17.9 Å². The zero-order chi connectivity index (χ0) is 35.7. The van der Waals surface area contributed by atoms with Gasteiger partial charge in [0.25, 0.3) is 0 Å². The predicted octanol–water partition coefficient (Wildman–Crippen LogP) is 7.46. The molecule has 1 heterocycles. The lowest BCUT2D eigenvalue weighted by Crippen LogP contribution is -2.34. The second-order valence-corrected chi connectivity index (χ2v) is 11.6. The summed E-state index contributed by atoms with van der Waals surface area (Å²) < 4.78 is 31.8. The number of imidazole rings is 1. The topological polar surface area (TPSA) is 106 Å². The zero-order valence-corrected chi connectivity index (χ0v) is 28.8. The Morgan fingerprint density at radius 1 is 0.680 bits per heavy atom. The molecule has 0 N–H and O–H groups in total. The highest BCUT2D eigenvalue weighted by Gasteiger charge is 2.17. The highest BCUT2D eigenvalue weighted by atomic mass is 16.5. The van der Waals surface area contributed by atoms with Crippen molar-refractivity contribution in [3.8, 4) is 23.0 Å². The Hall–Kier alpha value is -5.64. The maximum absolute atomic E-state index is 12.9. The van der Waals surface area contributed by atoms with Gasteiger partial charge in [0.05, 0.1) is 30.5 Å². The minimum Gasteiger partial charge on any atom is -0.494 e. The smallest absolute Gasteiger partial charge is 0.343 e. The summed E-state index contributed by atoms with van der Waals surface area (Å²) in [7, 11) is 0. The van der Waals surface area contributed by atoms with Crippen LogP contribution in [-0.2, 0) is 16.1 Å². The summed E-state index contributed by atoms with van der Waals surface area (Å²) in [4.78, 5) is 36.8. The van der Waals surface area contributed by atoms with Gasteiger partial charge in [0.2, 0.25) is 6.33 Å². The van der Waals surface area contributed by atoms with Crippen LogP contribution in [-0.4, -0.2) is 42.3 Å². The number of aromatic nitrogens is 2. The minimum absolute atomic E-state index is 0.377. The van der Waals surface area contributed by atoms with Crippen LogP contribution in [0.4, 0.5) is 0 Å². The molecule has 0 atom stereocenters. The van der Waals surface area contributed by atoms with Crippen LogP contribution in [0.1, 0.15) is 70.4 Å². The molecule has 1 aromatic heterocycles. The second-order valence-electron chi connectivity index (χ2n) is 11.6. The molecule has 0 aliphatic carbocycles. The van der Waals surface area contributed by atoms with Crippen molar-refractivity contribution in [3.05, 3.63) is 121 Å². The molecular weight excluding hydrogens is 636 g/mol. The van der Waals surface area contributed by atoms with Crippen molar-refractivity contribution in [2.45, 2.75) is 58.9 Å². The number of hydrogen-bond donors (Lipinski definition) is 0. The van der Waals surface area contributed by atoms with Gasteiger partial charge in [0.15, 0.2) is 0 Å². The minimum atomic E-state index is -0.506. The van der Waals surface area contributed by atoms with Gasteiger partial charge in [-0.25, -0.2) is 23.5 Å². The number of carbonyl (C=O) groups is 3. The van der Waals surface area contributed by atoms with Crippen LogP contribution >= 0.6 is 0 Å². The number of rotatable bonds is 20. The van der Waals surface area contributed by atoms with Crippen molar-refractivity contribution in [1.29, 1.82) is 0 Å². The molecule has 10 heteroatoms. The summed E-state index contributed by atoms with van der Waals surface area (Å²) in [6.07, 6.45) is 14.6. The fraction of sp³-hybridized carbons (Fsp3) is 0.300. The molecule has 10 nitrogen and oxygen atoms in total. The summed E-state index contributed by atoms with van der Waals surface area (Å²) in [5.74, 6) is 0.702. The summed E-state index contributed by atoms with van der Waals surface area (Å²) in [5, 5.41) is 0. The molecule has 0 saturated heterocycles. The van der Waals surface area contributed by atoms with Gasteiger partial charge in [-0.1, -0.05) is 38.8 Å². The second kappa shape index (κ2) is 19.4. The van der Waals surface area contributed by atoms with E-state index in [1.165, 1.54) is 6.08 Å². The van der Waals surface area contributed by atoms with E-state index in [9.17, 15) is 14.4 Å². The molecule has 4 rings (SSSR count). The van der Waals surface area contributed by atoms with E-state index >= 15 is 0 Å². The molecule has 262 valence electrons. The molecule has 0 bridgehead atoms. The summed E-state index contributed by atoms with van der Waals surface area (Å²) in [5.41, 5.74) is 2.14. The van der Waals surface area contributed by atoms with E-state index < -0.39 is 11.9 Å². The highest BCUT2D eigenvalue weighted by molar-refractivity contribution is 5.92. The van der Waals surface area contributed by atoms with E-state index in [1.54, 1.807) is 66.9 Å². The first-order valence-electron chi connectivity index (χ1n) is 16.8. The number of hydrogen-bond acceptors (Lipinski definition) is 8. The molecule has 3 aromatic carbocycles. The molecule has 0 spiro atoms. The van der Waals surface area contributed by atoms with Crippen molar-refractivity contribution in [2.24, 2.45) is 0 Å². The SMILES string of the molecule is C=CC(=O)OCCCCCCCCOc1ccc(C(=O)Oc2ccc(OC(=O)c3ccc(OCC[n+]4ccn(C=C)c4)cc3)c(C)c2C)cc1. The number of unbranched alkanes of at least 4 members (excludes halogenated alkanes) is 5. The third-order valence-corrected chi connectivity index (χ3v) is 8.03. The Morgan fingerprint density at radius 2 is 1.18 bits per heavy atom. The van der Waals surface area contributed by atoms with Crippen LogP contribution in [0.5, 0.6) is 23.0 Å². The fourth-order valence-corrected chi connectivity index (χ4v) is 4.94. The molecule has 0 aliphatic rings. The van der Waals surface area contributed by atoms with Crippen molar-refractivity contribution in [1.82, 2.24) is 4.57 Å². The fourth-order valence-electron chi connectivity index (χ4n) is 4.94. The van der Waals surface area contributed by atoms with Crippen LogP contribution in [0.3, 0.4) is 0 Å². The van der Waals surface area contributed by atoms with Gasteiger partial charge in [0.1, 0.15) is 48.5 Å². The Balaban J connectivity index is 1.18. The van der Waals surface area contributed by atoms with Gasteiger partial charge in [-0.2, -0.15) is 0 Å². The molecular formula is C40H45N2O8+. The van der Waals surface area contributed by atoms with Crippen LogP contribution in [0, 0.1) is 13.8 Å². The Bertz CT molecular complexity index is 1740. The first kappa shape index (κ1) is 37.2. The lowest BCUT2D eigenvalue weighted by molar-refractivity contribution is -0.696. The standard InChI is InChI=1S/C40H45N2O8/c1-5-38(43)48-27-12-10-8-7-9-11-26-46-34-17-13-32(14-18-34)39(44)49-36-21-22-37(31(4)30(36)3)50-40(45)33-15-19-35(20-16-33)47-28-25-42-24-23-41(6-2)29-42/h5-6,13-24,29H,1-2,7-12,25-28H2,3-4H3/q+1. The molecule has 0 fully saturated rings. The van der Waals surface area contributed by atoms with Gasteiger partial charge in [-0.05, 0) is 98.5 Å². The number of carbonyl (C=O) groups excluding carboxylic acids is 3. The normalized spacial score (nSPS) is 10.6. The monoisotopic (exact) mass is 681 g/mol. The third kappa shape index (κ3) is 11.5. The third-order valence-electron chi connectivity index (χ3n) is 8.03. The van der Waals surface area contributed by atoms with Gasteiger partial charge in [0, 0.05) is 6.08 Å². The number of benzene rings is 3. The van der Waals surface area contributed by atoms with Gasteiger partial charge in [-0.15, -0.1) is 0 Å². The average molecular weight is 682 g/mol. The van der Waals surface area contributed by atoms with E-state index in [1.807, 2.05) is 41.7 Å². The van der Waals surface area contributed by atoms with E-state index in [0.29, 0.717) is 71.6 Å².